The van der Waals surface area contributed by atoms with Crippen LogP contribution in [0.1, 0.15) is 23.7 Å². The van der Waals surface area contributed by atoms with Gasteiger partial charge in [0, 0.05) is 36.8 Å². The molecule has 0 bridgehead atoms. The van der Waals surface area contributed by atoms with E-state index in [0.29, 0.717) is 48.9 Å². The number of hydrogen-bond acceptors (Lipinski definition) is 3. The molecule has 1 fully saturated rings. The van der Waals surface area contributed by atoms with Crippen molar-refractivity contribution < 1.29 is 14.3 Å². The van der Waals surface area contributed by atoms with Crippen LogP contribution in [0.4, 0.5) is 0 Å². The largest absolute Gasteiger partial charge is 0.481 e. The molecule has 0 saturated carbocycles. The zero-order valence-electron chi connectivity index (χ0n) is 15.3. The second-order valence-corrected chi connectivity index (χ2v) is 6.89. The number of nitrogens with zero attached hydrogens (tertiary/aromatic N) is 2. The van der Waals surface area contributed by atoms with E-state index in [-0.39, 0.29) is 11.8 Å². The van der Waals surface area contributed by atoms with Gasteiger partial charge >= 0.3 is 0 Å². The number of carbonyl (C=O) groups is 2. The maximum Gasteiger partial charge on any atom is 0.263 e. The smallest absolute Gasteiger partial charge is 0.263 e. The summed E-state index contributed by atoms with van der Waals surface area (Å²) in [6.45, 7) is 3.93. The monoisotopic (exact) mass is 386 g/mol. The van der Waals surface area contributed by atoms with Crippen LogP contribution in [0.5, 0.6) is 5.75 Å². The summed E-state index contributed by atoms with van der Waals surface area (Å²) in [7, 11) is 0. The fourth-order valence-electron chi connectivity index (χ4n) is 3.11. The zero-order chi connectivity index (χ0) is 19.2. The first-order valence-corrected chi connectivity index (χ1v) is 9.51. The van der Waals surface area contributed by atoms with Crippen molar-refractivity contribution in [1.29, 1.82) is 0 Å². The van der Waals surface area contributed by atoms with Gasteiger partial charge in [-0.25, -0.2) is 0 Å². The molecule has 1 aliphatic rings. The molecule has 1 atom stereocenters. The summed E-state index contributed by atoms with van der Waals surface area (Å²) in [5.74, 6) is 0.598. The molecule has 0 aromatic heterocycles. The lowest BCUT2D eigenvalue weighted by Crippen LogP contribution is -2.53. The third-order valence-corrected chi connectivity index (χ3v) is 4.85. The lowest BCUT2D eigenvalue weighted by molar-refractivity contribution is -0.140. The maximum absolute atomic E-state index is 12.8. The molecule has 0 unspecified atom stereocenters. The van der Waals surface area contributed by atoms with Crippen molar-refractivity contribution in [1.82, 2.24) is 9.80 Å². The minimum Gasteiger partial charge on any atom is -0.481 e. The normalized spacial score (nSPS) is 15.3. The van der Waals surface area contributed by atoms with Crippen LogP contribution in [-0.4, -0.2) is 53.9 Å². The lowest BCUT2D eigenvalue weighted by atomic mass is 10.1. The van der Waals surface area contributed by atoms with E-state index in [4.69, 9.17) is 16.3 Å². The van der Waals surface area contributed by atoms with E-state index in [2.05, 4.69) is 0 Å². The van der Waals surface area contributed by atoms with Crippen LogP contribution in [0.2, 0.25) is 5.02 Å². The Morgan fingerprint density at radius 2 is 1.67 bits per heavy atom. The summed E-state index contributed by atoms with van der Waals surface area (Å²) < 4.78 is 5.85. The summed E-state index contributed by atoms with van der Waals surface area (Å²) in [6.07, 6.45) is 0.0811. The van der Waals surface area contributed by atoms with Crippen LogP contribution in [0.25, 0.3) is 0 Å². The van der Waals surface area contributed by atoms with Crippen LogP contribution >= 0.6 is 11.6 Å². The second kappa shape index (κ2) is 8.91. The first kappa shape index (κ1) is 19.2. The lowest BCUT2D eigenvalue weighted by Gasteiger charge is -2.36. The fourth-order valence-corrected chi connectivity index (χ4v) is 3.30. The Bertz CT molecular complexity index is 789. The molecule has 0 N–H and O–H groups in total. The molecule has 0 aliphatic carbocycles. The quantitative estimate of drug-likeness (QED) is 0.790. The number of rotatable bonds is 5. The third kappa shape index (κ3) is 4.80. The minimum atomic E-state index is -0.511. The fraction of sp³-hybridized carbons (Fsp3) is 0.333. The van der Waals surface area contributed by atoms with Crippen LogP contribution < -0.4 is 4.74 Å². The van der Waals surface area contributed by atoms with E-state index < -0.39 is 6.10 Å². The standard InChI is InChI=1S/C21H23ClN2O3/c1-2-19(27-18-9-4-3-5-10-18)21(26)24-13-11-23(12-14-24)20(25)16-7-6-8-17(22)15-16/h3-10,15,19H,2,11-14H2,1H3/t19-/m1/s1. The van der Waals surface area contributed by atoms with E-state index in [1.165, 1.54) is 0 Å². The van der Waals surface area contributed by atoms with Gasteiger partial charge in [-0.05, 0) is 36.8 Å². The van der Waals surface area contributed by atoms with Crippen molar-refractivity contribution in [3.63, 3.8) is 0 Å². The first-order chi connectivity index (χ1) is 13.1. The van der Waals surface area contributed by atoms with Gasteiger partial charge in [0.25, 0.3) is 11.8 Å². The Balaban J connectivity index is 1.57. The Kier molecular flexibility index (Phi) is 6.35. The summed E-state index contributed by atoms with van der Waals surface area (Å²) in [5, 5.41) is 0.540. The van der Waals surface area contributed by atoms with E-state index in [0.717, 1.165) is 0 Å². The van der Waals surface area contributed by atoms with Gasteiger partial charge < -0.3 is 14.5 Å². The van der Waals surface area contributed by atoms with E-state index >= 15 is 0 Å². The summed E-state index contributed by atoms with van der Waals surface area (Å²) in [4.78, 5) is 28.9. The zero-order valence-corrected chi connectivity index (χ0v) is 16.1. The highest BCUT2D eigenvalue weighted by Crippen LogP contribution is 2.17. The van der Waals surface area contributed by atoms with Crippen molar-refractivity contribution in [2.75, 3.05) is 26.2 Å². The summed E-state index contributed by atoms with van der Waals surface area (Å²) >= 11 is 5.97. The number of hydrogen-bond donors (Lipinski definition) is 0. The van der Waals surface area contributed by atoms with Gasteiger partial charge in [0.1, 0.15) is 5.75 Å². The predicted molar refractivity (Wildman–Crippen MR) is 105 cm³/mol. The average molecular weight is 387 g/mol. The Labute approximate surface area is 164 Å². The van der Waals surface area contributed by atoms with Gasteiger partial charge in [-0.2, -0.15) is 0 Å². The number of benzene rings is 2. The molecule has 27 heavy (non-hydrogen) atoms. The van der Waals surface area contributed by atoms with Crippen LogP contribution in [-0.2, 0) is 4.79 Å². The number of piperazine rings is 1. The number of halogens is 1. The average Bonchev–Trinajstić information content (AvgIpc) is 2.72. The minimum absolute atomic E-state index is 0.0313. The molecular formula is C21H23ClN2O3. The molecule has 2 aromatic carbocycles. The summed E-state index contributed by atoms with van der Waals surface area (Å²) in [6, 6.07) is 16.3. The van der Waals surface area contributed by atoms with Gasteiger partial charge in [0.15, 0.2) is 6.10 Å². The number of amides is 2. The Hall–Kier alpha value is -2.53. The molecule has 5 nitrogen and oxygen atoms in total. The third-order valence-electron chi connectivity index (χ3n) is 4.62. The van der Waals surface area contributed by atoms with E-state index in [1.807, 2.05) is 37.3 Å². The molecule has 0 spiro atoms. The first-order valence-electron chi connectivity index (χ1n) is 9.14. The highest BCUT2D eigenvalue weighted by molar-refractivity contribution is 6.30. The van der Waals surface area contributed by atoms with Gasteiger partial charge in [0.05, 0.1) is 0 Å². The molecule has 3 rings (SSSR count). The van der Waals surface area contributed by atoms with Gasteiger partial charge in [-0.15, -0.1) is 0 Å². The van der Waals surface area contributed by atoms with Crippen molar-refractivity contribution >= 4 is 23.4 Å². The number of ether oxygens (including phenoxy) is 1. The summed E-state index contributed by atoms with van der Waals surface area (Å²) in [5.41, 5.74) is 0.570. The molecule has 6 heteroatoms. The van der Waals surface area contributed by atoms with Gasteiger partial charge in [-0.1, -0.05) is 42.8 Å². The van der Waals surface area contributed by atoms with Crippen LogP contribution in [0.3, 0.4) is 0 Å². The molecular weight excluding hydrogens is 364 g/mol. The van der Waals surface area contributed by atoms with Gasteiger partial charge in [0.2, 0.25) is 0 Å². The van der Waals surface area contributed by atoms with E-state index in [1.54, 1.807) is 34.1 Å². The topological polar surface area (TPSA) is 49.9 Å². The van der Waals surface area contributed by atoms with E-state index in [9.17, 15) is 9.59 Å². The van der Waals surface area contributed by atoms with Crippen LogP contribution in [0.15, 0.2) is 54.6 Å². The molecule has 1 heterocycles. The SMILES string of the molecule is CC[C@@H](Oc1ccccc1)C(=O)N1CCN(C(=O)c2cccc(Cl)c2)CC1. The number of carbonyl (C=O) groups excluding carboxylic acids is 2. The van der Waals surface area contributed by atoms with Crippen LogP contribution in [0, 0.1) is 0 Å². The van der Waals surface area contributed by atoms with Crippen molar-refractivity contribution in [3.05, 3.63) is 65.2 Å². The predicted octanol–water partition coefficient (Wildman–Crippen LogP) is 3.48. The Morgan fingerprint density at radius 1 is 1.00 bits per heavy atom. The van der Waals surface area contributed by atoms with Gasteiger partial charge in [-0.3, -0.25) is 9.59 Å². The number of para-hydroxylation sites is 1. The second-order valence-electron chi connectivity index (χ2n) is 6.46. The molecule has 1 saturated heterocycles. The molecule has 142 valence electrons. The highest BCUT2D eigenvalue weighted by atomic mass is 35.5. The molecule has 0 radical (unpaired) electrons. The van der Waals surface area contributed by atoms with Crippen molar-refractivity contribution in [2.24, 2.45) is 0 Å². The maximum atomic E-state index is 12.8. The van der Waals surface area contributed by atoms with Crippen molar-refractivity contribution in [3.8, 4) is 5.75 Å². The molecule has 2 aromatic rings. The molecule has 2 amide bonds. The molecule has 1 aliphatic heterocycles. The highest BCUT2D eigenvalue weighted by Gasteiger charge is 2.29. The van der Waals surface area contributed by atoms with Crippen molar-refractivity contribution in [2.45, 2.75) is 19.4 Å². The Morgan fingerprint density at radius 3 is 2.30 bits per heavy atom.